The Kier molecular flexibility index (Phi) is 4.69. The molecule has 8 heteroatoms. The third-order valence-corrected chi connectivity index (χ3v) is 6.72. The van der Waals surface area contributed by atoms with Crippen LogP contribution in [0.25, 0.3) is 33.3 Å². The molecule has 4 aromatic rings. The van der Waals surface area contributed by atoms with Gasteiger partial charge in [0.1, 0.15) is 11.5 Å². The predicted molar refractivity (Wildman–Crippen MR) is 126 cm³/mol. The molecule has 1 aliphatic heterocycles. The Morgan fingerprint density at radius 2 is 1.91 bits per heavy atom. The molecule has 170 valence electrons. The molecule has 34 heavy (non-hydrogen) atoms. The van der Waals surface area contributed by atoms with Crippen LogP contribution in [0.4, 0.5) is 0 Å². The molecule has 0 spiro atoms. The van der Waals surface area contributed by atoms with Crippen molar-refractivity contribution in [2.45, 2.75) is 38.8 Å². The Morgan fingerprint density at radius 1 is 1.06 bits per heavy atom. The van der Waals surface area contributed by atoms with Gasteiger partial charge in [0.05, 0.1) is 23.6 Å². The van der Waals surface area contributed by atoms with E-state index in [1.165, 1.54) is 25.1 Å². The lowest BCUT2D eigenvalue weighted by Gasteiger charge is -2.28. The van der Waals surface area contributed by atoms with Crippen molar-refractivity contribution in [3.05, 3.63) is 66.0 Å². The highest BCUT2D eigenvalue weighted by atomic mass is 16.4. The predicted octanol–water partition coefficient (Wildman–Crippen LogP) is 4.10. The van der Waals surface area contributed by atoms with Crippen LogP contribution in [0.2, 0.25) is 0 Å². The Labute approximate surface area is 195 Å². The lowest BCUT2D eigenvalue weighted by Crippen LogP contribution is -2.37. The number of aromatic nitrogens is 4. The first-order valence-corrected chi connectivity index (χ1v) is 11.4. The number of imidazole rings is 1. The first-order chi connectivity index (χ1) is 16.5. The number of benzene rings is 1. The van der Waals surface area contributed by atoms with Crippen molar-refractivity contribution in [2.24, 2.45) is 0 Å². The van der Waals surface area contributed by atoms with Crippen LogP contribution in [-0.4, -0.2) is 47.9 Å². The number of fused-ring (bicyclic) bond motifs is 2. The van der Waals surface area contributed by atoms with E-state index in [9.17, 15) is 9.59 Å². The van der Waals surface area contributed by atoms with Crippen LogP contribution in [0.1, 0.15) is 47.7 Å². The Hall–Kier alpha value is -4.07. The molecule has 0 radical (unpaired) electrons. The molecule has 1 fully saturated rings. The molecule has 0 atom stereocenters. The second-order valence-electron chi connectivity index (χ2n) is 8.97. The maximum atomic E-state index is 12.1. The number of carboxylic acids is 1. The van der Waals surface area contributed by atoms with Gasteiger partial charge in [0.2, 0.25) is 5.91 Å². The number of carboxylic acid groups (broad SMARTS) is 1. The molecular weight excluding hydrogens is 430 g/mol. The zero-order chi connectivity index (χ0) is 23.4. The average Bonchev–Trinajstić information content (AvgIpc) is 3.63. The summed E-state index contributed by atoms with van der Waals surface area (Å²) in [7, 11) is 0. The summed E-state index contributed by atoms with van der Waals surface area (Å²) in [5.41, 5.74) is 4.51. The Bertz CT molecular complexity index is 1450. The van der Waals surface area contributed by atoms with Gasteiger partial charge in [-0.25, -0.2) is 14.8 Å². The molecule has 1 amide bonds. The van der Waals surface area contributed by atoms with Gasteiger partial charge in [-0.15, -0.1) is 0 Å². The monoisotopic (exact) mass is 453 g/mol. The molecule has 1 aliphatic carbocycles. The third-order valence-electron chi connectivity index (χ3n) is 6.72. The van der Waals surface area contributed by atoms with Crippen molar-refractivity contribution in [2.75, 3.05) is 6.54 Å². The summed E-state index contributed by atoms with van der Waals surface area (Å²) in [6, 6.07) is 11.3. The number of carbonyl (C=O) groups is 2. The van der Waals surface area contributed by atoms with E-state index in [1.54, 1.807) is 13.0 Å². The molecule has 0 unspecified atom stereocenters. The van der Waals surface area contributed by atoms with Crippen LogP contribution in [0.5, 0.6) is 0 Å². The van der Waals surface area contributed by atoms with Crippen LogP contribution in [0, 0.1) is 0 Å². The van der Waals surface area contributed by atoms with E-state index < -0.39 is 5.97 Å². The number of aromatic carboxylic acids is 1. The molecule has 8 nitrogen and oxygen atoms in total. The molecular formula is C26H23N5O3. The summed E-state index contributed by atoms with van der Waals surface area (Å²) in [6.45, 7) is 3.68. The fourth-order valence-electron chi connectivity index (χ4n) is 4.74. The lowest BCUT2D eigenvalue weighted by atomic mass is 10.0. The number of hydrogen-bond donors (Lipinski definition) is 1. The van der Waals surface area contributed by atoms with Crippen molar-refractivity contribution >= 4 is 22.6 Å². The van der Waals surface area contributed by atoms with E-state index in [1.807, 2.05) is 29.3 Å². The van der Waals surface area contributed by atoms with Gasteiger partial charge < -0.3 is 14.6 Å². The van der Waals surface area contributed by atoms with Gasteiger partial charge in [-0.05, 0) is 36.4 Å². The van der Waals surface area contributed by atoms with E-state index in [0.717, 1.165) is 51.4 Å². The van der Waals surface area contributed by atoms with E-state index in [2.05, 4.69) is 20.6 Å². The molecule has 1 saturated carbocycles. The highest BCUT2D eigenvalue weighted by Gasteiger charge is 2.34. The molecule has 2 aliphatic rings. The van der Waals surface area contributed by atoms with E-state index in [0.29, 0.717) is 19.0 Å². The van der Waals surface area contributed by atoms with Crippen molar-refractivity contribution in [1.29, 1.82) is 0 Å². The highest BCUT2D eigenvalue weighted by Crippen LogP contribution is 2.43. The van der Waals surface area contributed by atoms with Gasteiger partial charge >= 0.3 is 5.97 Å². The minimum Gasteiger partial charge on any atom is -0.477 e. The van der Waals surface area contributed by atoms with Crippen molar-refractivity contribution < 1.29 is 14.7 Å². The normalized spacial score (nSPS) is 15.4. The number of rotatable bonds is 4. The molecule has 3 aromatic heterocycles. The van der Waals surface area contributed by atoms with Crippen molar-refractivity contribution in [1.82, 2.24) is 24.4 Å². The van der Waals surface area contributed by atoms with Crippen molar-refractivity contribution in [3.63, 3.8) is 0 Å². The first kappa shape index (κ1) is 20.5. The minimum absolute atomic E-state index is 0.00227. The van der Waals surface area contributed by atoms with Crippen LogP contribution in [0.15, 0.2) is 48.8 Å². The van der Waals surface area contributed by atoms with Crippen LogP contribution in [0.3, 0.4) is 0 Å². The number of pyridine rings is 2. The minimum atomic E-state index is -1.06. The van der Waals surface area contributed by atoms with Gasteiger partial charge in [0.15, 0.2) is 0 Å². The first-order valence-electron chi connectivity index (χ1n) is 11.4. The zero-order valence-corrected chi connectivity index (χ0v) is 18.7. The number of amides is 1. The zero-order valence-electron chi connectivity index (χ0n) is 18.7. The van der Waals surface area contributed by atoms with Gasteiger partial charge in [-0.1, -0.05) is 18.2 Å². The summed E-state index contributed by atoms with van der Waals surface area (Å²) < 4.78 is 2.32. The molecule has 1 aromatic carbocycles. The van der Waals surface area contributed by atoms with E-state index in [-0.39, 0.29) is 11.6 Å². The average molecular weight is 454 g/mol. The lowest BCUT2D eigenvalue weighted by molar-refractivity contribution is -0.130. The Morgan fingerprint density at radius 3 is 2.62 bits per heavy atom. The maximum Gasteiger partial charge on any atom is 0.354 e. The summed E-state index contributed by atoms with van der Waals surface area (Å²) in [5.74, 6) is 0.676. The summed E-state index contributed by atoms with van der Waals surface area (Å²) in [4.78, 5) is 38.9. The van der Waals surface area contributed by atoms with E-state index >= 15 is 0 Å². The second kappa shape index (κ2) is 7.76. The van der Waals surface area contributed by atoms with Gasteiger partial charge in [-0.2, -0.15) is 0 Å². The van der Waals surface area contributed by atoms with E-state index in [4.69, 9.17) is 10.1 Å². The van der Waals surface area contributed by atoms with Gasteiger partial charge in [-0.3, -0.25) is 9.78 Å². The summed E-state index contributed by atoms with van der Waals surface area (Å²) >= 11 is 0. The Balaban J connectivity index is 1.45. The fraction of sp³-hybridized carbons (Fsp3) is 0.269. The number of hydrogen-bond acceptors (Lipinski definition) is 5. The molecule has 0 bridgehead atoms. The largest absolute Gasteiger partial charge is 0.477 e. The van der Waals surface area contributed by atoms with Crippen LogP contribution < -0.4 is 0 Å². The summed E-state index contributed by atoms with van der Waals surface area (Å²) in [6.07, 6.45) is 5.72. The topological polar surface area (TPSA) is 101 Å². The SMILES string of the molecule is CC(=O)N1CCn2c(C3CC3)nc(-c3cccc4cc(-c5ccc(C(=O)O)nc5)ncc34)c2C1. The quantitative estimate of drug-likeness (QED) is 0.499. The van der Waals surface area contributed by atoms with Gasteiger partial charge in [0, 0.05) is 54.8 Å². The molecule has 1 N–H and O–H groups in total. The maximum absolute atomic E-state index is 12.1. The van der Waals surface area contributed by atoms with Crippen LogP contribution in [-0.2, 0) is 17.9 Å². The molecule has 0 saturated heterocycles. The third kappa shape index (κ3) is 3.42. The number of carbonyl (C=O) groups excluding carboxylic acids is 1. The molecule has 6 rings (SSSR count). The van der Waals surface area contributed by atoms with Gasteiger partial charge in [0.25, 0.3) is 0 Å². The van der Waals surface area contributed by atoms with Crippen molar-refractivity contribution in [3.8, 4) is 22.5 Å². The number of nitrogens with zero attached hydrogens (tertiary/aromatic N) is 5. The second-order valence-corrected chi connectivity index (χ2v) is 8.97. The highest BCUT2D eigenvalue weighted by molar-refractivity contribution is 5.97. The fourth-order valence-corrected chi connectivity index (χ4v) is 4.74. The van der Waals surface area contributed by atoms with Crippen LogP contribution >= 0.6 is 0 Å². The standard InChI is InChI=1S/C26H23N5O3/c1-15(32)30-9-10-31-23(14-30)24(29-25(31)16-5-6-16)19-4-2-3-17-11-22(28-13-20(17)19)18-7-8-21(26(33)34)27-12-18/h2-4,7-8,11-13,16H,5-6,9-10,14H2,1H3,(H,33,34). The summed E-state index contributed by atoms with van der Waals surface area (Å²) in [5, 5.41) is 11.1. The smallest absolute Gasteiger partial charge is 0.354 e. The molecule has 4 heterocycles.